The predicted octanol–water partition coefficient (Wildman–Crippen LogP) is 1.25. The zero-order valence-corrected chi connectivity index (χ0v) is 18.4. The van der Waals surface area contributed by atoms with Crippen LogP contribution >= 0.6 is 0 Å². The zero-order chi connectivity index (χ0) is 20.2. The van der Waals surface area contributed by atoms with E-state index in [0.717, 1.165) is 0 Å². The van der Waals surface area contributed by atoms with Crippen LogP contribution in [0.2, 0.25) is 0 Å². The second-order valence-corrected chi connectivity index (χ2v) is 11.1. The van der Waals surface area contributed by atoms with Crippen molar-refractivity contribution in [3.05, 3.63) is 0 Å². The van der Waals surface area contributed by atoms with Crippen molar-refractivity contribution in [1.82, 2.24) is 14.1 Å². The fraction of sp³-hybridized carbons (Fsp3) is 0.944. The summed E-state index contributed by atoms with van der Waals surface area (Å²) < 4.78 is 31.9. The van der Waals surface area contributed by atoms with Crippen molar-refractivity contribution < 1.29 is 17.9 Å². The van der Waals surface area contributed by atoms with Crippen molar-refractivity contribution in [3.8, 4) is 0 Å². The van der Waals surface area contributed by atoms with Gasteiger partial charge in [0, 0.05) is 43.7 Å². The van der Waals surface area contributed by atoms with E-state index in [4.69, 9.17) is 4.74 Å². The lowest BCUT2D eigenvalue weighted by atomic mass is 9.94. The summed E-state index contributed by atoms with van der Waals surface area (Å²) in [6.07, 6.45) is 0. The largest absolute Gasteiger partial charge is 0.379 e. The quantitative estimate of drug-likeness (QED) is 0.653. The van der Waals surface area contributed by atoms with Gasteiger partial charge >= 0.3 is 0 Å². The van der Waals surface area contributed by atoms with Gasteiger partial charge in [0.2, 0.25) is 15.9 Å². The molecule has 8 heteroatoms. The summed E-state index contributed by atoms with van der Waals surface area (Å²) in [6, 6.07) is 0. The highest BCUT2D eigenvalue weighted by molar-refractivity contribution is 7.89. The first-order valence-electron chi connectivity index (χ1n) is 9.31. The van der Waals surface area contributed by atoms with Gasteiger partial charge in [-0.05, 0) is 27.8 Å². The smallest absolute Gasteiger partial charge is 0.228 e. The van der Waals surface area contributed by atoms with E-state index >= 15 is 0 Å². The average Bonchev–Trinajstić information content (AvgIpc) is 2.53. The molecular formula is C18H37N3O4S. The Balaban J connectivity index is 2.77. The minimum atomic E-state index is -3.38. The van der Waals surface area contributed by atoms with E-state index in [2.05, 4.69) is 25.7 Å². The van der Waals surface area contributed by atoms with Gasteiger partial charge in [-0.25, -0.2) is 8.42 Å². The number of carbonyl (C=O) groups excluding carboxylic acids is 1. The Labute approximate surface area is 159 Å². The summed E-state index contributed by atoms with van der Waals surface area (Å²) in [7, 11) is -1.36. The van der Waals surface area contributed by atoms with Crippen LogP contribution in [-0.4, -0.2) is 92.7 Å². The predicted molar refractivity (Wildman–Crippen MR) is 105 cm³/mol. The molecule has 0 N–H and O–H groups in total. The molecule has 1 amide bonds. The fourth-order valence-electron chi connectivity index (χ4n) is 2.57. The van der Waals surface area contributed by atoms with Crippen molar-refractivity contribution in [1.29, 1.82) is 0 Å². The molecule has 0 aromatic rings. The minimum absolute atomic E-state index is 0.00364. The zero-order valence-electron chi connectivity index (χ0n) is 17.5. The molecule has 1 fully saturated rings. The first-order valence-corrected chi connectivity index (χ1v) is 10.9. The van der Waals surface area contributed by atoms with E-state index in [1.807, 2.05) is 27.8 Å². The van der Waals surface area contributed by atoms with Crippen molar-refractivity contribution in [2.75, 3.05) is 58.7 Å². The fourth-order valence-corrected chi connectivity index (χ4v) is 3.99. The van der Waals surface area contributed by atoms with Gasteiger partial charge in [-0.15, -0.1) is 0 Å². The second kappa shape index (κ2) is 8.99. The van der Waals surface area contributed by atoms with Crippen LogP contribution in [0.25, 0.3) is 0 Å². The summed E-state index contributed by atoms with van der Waals surface area (Å²) in [5, 5.41) is 0. The molecule has 1 heterocycles. The molecule has 0 bridgehead atoms. The van der Waals surface area contributed by atoms with Crippen molar-refractivity contribution in [2.24, 2.45) is 5.41 Å². The number of hydrogen-bond donors (Lipinski definition) is 0. The van der Waals surface area contributed by atoms with Gasteiger partial charge in [-0.2, -0.15) is 4.31 Å². The van der Waals surface area contributed by atoms with Crippen LogP contribution in [0.3, 0.4) is 0 Å². The molecule has 0 atom stereocenters. The molecule has 0 saturated carbocycles. The van der Waals surface area contributed by atoms with E-state index in [9.17, 15) is 13.2 Å². The monoisotopic (exact) mass is 391 g/mol. The second-order valence-electron chi connectivity index (χ2n) is 8.96. The first kappa shape index (κ1) is 23.3. The normalized spacial score (nSPS) is 17.5. The van der Waals surface area contributed by atoms with Crippen molar-refractivity contribution in [2.45, 2.75) is 47.1 Å². The molecule has 0 aliphatic carbocycles. The van der Waals surface area contributed by atoms with Crippen LogP contribution in [0.1, 0.15) is 41.5 Å². The number of carbonyl (C=O) groups is 1. The van der Waals surface area contributed by atoms with Crippen LogP contribution in [-0.2, 0) is 19.6 Å². The van der Waals surface area contributed by atoms with Gasteiger partial charge in [-0.1, -0.05) is 20.8 Å². The number of hydrogen-bond acceptors (Lipinski definition) is 5. The maximum Gasteiger partial charge on any atom is 0.228 e. The Morgan fingerprint density at radius 3 is 2.00 bits per heavy atom. The Morgan fingerprint density at radius 1 is 1.00 bits per heavy atom. The maximum atomic E-state index is 12.8. The number of ether oxygens (including phenoxy) is 1. The number of morpholine rings is 1. The van der Waals surface area contributed by atoms with Crippen LogP contribution in [0.15, 0.2) is 0 Å². The molecule has 1 aliphatic heterocycles. The summed E-state index contributed by atoms with van der Waals surface area (Å²) >= 11 is 0. The molecule has 1 aliphatic rings. The van der Waals surface area contributed by atoms with Crippen LogP contribution in [0.4, 0.5) is 0 Å². The van der Waals surface area contributed by atoms with Crippen LogP contribution < -0.4 is 0 Å². The van der Waals surface area contributed by atoms with Gasteiger partial charge < -0.3 is 9.64 Å². The average molecular weight is 392 g/mol. The molecule has 0 unspecified atom stereocenters. The van der Waals surface area contributed by atoms with Crippen LogP contribution in [0, 0.1) is 5.41 Å². The number of sulfonamides is 1. The third kappa shape index (κ3) is 7.13. The molecule has 0 aromatic heterocycles. The van der Waals surface area contributed by atoms with Gasteiger partial charge in [0.05, 0.1) is 19.0 Å². The van der Waals surface area contributed by atoms with E-state index in [1.165, 1.54) is 4.31 Å². The summed E-state index contributed by atoms with van der Waals surface area (Å²) in [6.45, 7) is 15.0. The molecule has 0 aromatic carbocycles. The Bertz CT molecular complexity index is 558. The number of nitrogens with zero attached hydrogens (tertiary/aromatic N) is 3. The standard InChI is InChI=1S/C18H37N3O4S/c1-17(2,3)16(22)20(9-8-19(7)18(4,5)6)12-15-26(23,24)21-10-13-25-14-11-21/h8-15H2,1-7H3. The van der Waals surface area contributed by atoms with Gasteiger partial charge in [-0.3, -0.25) is 9.69 Å². The molecule has 26 heavy (non-hydrogen) atoms. The molecule has 0 spiro atoms. The van der Waals surface area contributed by atoms with Crippen molar-refractivity contribution >= 4 is 15.9 Å². The van der Waals surface area contributed by atoms with E-state index < -0.39 is 15.4 Å². The summed E-state index contributed by atoms with van der Waals surface area (Å²) in [5.41, 5.74) is -0.542. The van der Waals surface area contributed by atoms with E-state index in [-0.39, 0.29) is 23.7 Å². The highest BCUT2D eigenvalue weighted by Gasteiger charge is 2.31. The highest BCUT2D eigenvalue weighted by atomic mass is 32.2. The first-order chi connectivity index (χ1) is 11.7. The highest BCUT2D eigenvalue weighted by Crippen LogP contribution is 2.18. The van der Waals surface area contributed by atoms with Gasteiger partial charge in [0.25, 0.3) is 0 Å². The molecule has 7 nitrogen and oxygen atoms in total. The third-order valence-corrected chi connectivity index (χ3v) is 6.61. The van der Waals surface area contributed by atoms with Crippen molar-refractivity contribution in [3.63, 3.8) is 0 Å². The number of likely N-dealkylation sites (N-methyl/N-ethyl adjacent to an activating group) is 1. The molecule has 154 valence electrons. The van der Waals surface area contributed by atoms with Crippen LogP contribution in [0.5, 0.6) is 0 Å². The summed E-state index contributed by atoms with van der Waals surface area (Å²) in [4.78, 5) is 16.7. The molecule has 1 rings (SSSR count). The van der Waals surface area contributed by atoms with Gasteiger partial charge in [0.15, 0.2) is 0 Å². The number of amides is 1. The van der Waals surface area contributed by atoms with E-state index in [0.29, 0.717) is 39.4 Å². The lowest BCUT2D eigenvalue weighted by Crippen LogP contribution is -2.49. The Hall–Kier alpha value is -0.700. The number of rotatable bonds is 7. The molecule has 0 radical (unpaired) electrons. The lowest BCUT2D eigenvalue weighted by molar-refractivity contribution is -0.139. The Morgan fingerprint density at radius 2 is 1.54 bits per heavy atom. The topological polar surface area (TPSA) is 70.2 Å². The Kier molecular flexibility index (Phi) is 8.07. The van der Waals surface area contributed by atoms with Gasteiger partial charge in [0.1, 0.15) is 0 Å². The molecular weight excluding hydrogens is 354 g/mol. The summed E-state index contributed by atoms with van der Waals surface area (Å²) in [5.74, 6) is -0.0642. The van der Waals surface area contributed by atoms with E-state index in [1.54, 1.807) is 4.90 Å². The minimum Gasteiger partial charge on any atom is -0.379 e. The third-order valence-electron chi connectivity index (χ3n) is 4.76. The lowest BCUT2D eigenvalue weighted by Gasteiger charge is -2.36. The SMILES string of the molecule is CN(CCN(CCS(=O)(=O)N1CCOCC1)C(=O)C(C)(C)C)C(C)(C)C. The molecule has 1 saturated heterocycles. The maximum absolute atomic E-state index is 12.8.